The lowest BCUT2D eigenvalue weighted by atomic mass is 9.88. The molecular weight excluding hydrogens is 548 g/mol. The molecule has 8 rings (SSSR count). The minimum atomic E-state index is 0.0132. The lowest BCUT2D eigenvalue weighted by Crippen LogP contribution is -2.11. The molecule has 214 valence electrons. The summed E-state index contributed by atoms with van der Waals surface area (Å²) >= 11 is 0. The fraction of sp³-hybridized carbons (Fsp3) is 0.0732. The Labute approximate surface area is 262 Å². The zero-order valence-electron chi connectivity index (χ0n) is 24.9. The summed E-state index contributed by atoms with van der Waals surface area (Å²) in [6, 6.07) is 46.4. The van der Waals surface area contributed by atoms with Gasteiger partial charge in [0.15, 0.2) is 0 Å². The summed E-state index contributed by atoms with van der Waals surface area (Å²) < 4.78 is 0. The number of aliphatic imine (C=N–C) groups is 1. The summed E-state index contributed by atoms with van der Waals surface area (Å²) in [5, 5.41) is 2.10. The molecule has 1 aliphatic rings. The summed E-state index contributed by atoms with van der Waals surface area (Å²) in [7, 11) is 0. The smallest absolute Gasteiger partial charge is 0.0979 e. The predicted molar refractivity (Wildman–Crippen MR) is 185 cm³/mol. The summed E-state index contributed by atoms with van der Waals surface area (Å²) in [5.74, 6) is 0. The molecule has 7 aromatic rings. The standard InChI is InChI=1S/C41H30N4/c1-27-19-20-30-21-22-34-35(36-18-10-11-23-42-36)26-39(45-41(34)40(30)43-27)33-17-9-8-16-32(33)38-25-31(28-12-4-2-5-13-28)24-37(44-38)29-14-6-3-7-15-29/h2-23,25-26,37H,24H2,1H3. The number of allylic oxidation sites excluding steroid dienone is 1. The highest BCUT2D eigenvalue weighted by atomic mass is 14.8. The molecule has 0 N–H and O–H groups in total. The van der Waals surface area contributed by atoms with Crippen LogP contribution in [0.1, 0.15) is 34.8 Å². The number of rotatable bonds is 5. The Morgan fingerprint density at radius 2 is 1.33 bits per heavy atom. The first-order valence-electron chi connectivity index (χ1n) is 15.3. The van der Waals surface area contributed by atoms with E-state index in [2.05, 4.69) is 121 Å². The third-order valence-electron chi connectivity index (χ3n) is 8.55. The molecule has 4 heterocycles. The Bertz CT molecular complexity index is 2240. The largest absolute Gasteiger partial charge is 0.276 e. The van der Waals surface area contributed by atoms with Crippen LogP contribution < -0.4 is 0 Å². The highest BCUT2D eigenvalue weighted by molar-refractivity contribution is 6.17. The minimum absolute atomic E-state index is 0.0132. The average molecular weight is 579 g/mol. The average Bonchev–Trinajstić information content (AvgIpc) is 3.12. The van der Waals surface area contributed by atoms with Crippen molar-refractivity contribution in [2.75, 3.05) is 0 Å². The number of dihydropyridines is 1. The number of aryl methyl sites for hydroxylation is 1. The van der Waals surface area contributed by atoms with E-state index in [-0.39, 0.29) is 6.04 Å². The van der Waals surface area contributed by atoms with Gasteiger partial charge in [0.05, 0.1) is 34.2 Å². The monoisotopic (exact) mass is 578 g/mol. The molecule has 0 radical (unpaired) electrons. The molecule has 0 saturated carbocycles. The maximum Gasteiger partial charge on any atom is 0.0979 e. The predicted octanol–water partition coefficient (Wildman–Crippen LogP) is 9.84. The van der Waals surface area contributed by atoms with Crippen molar-refractivity contribution in [3.8, 4) is 22.5 Å². The van der Waals surface area contributed by atoms with Crippen LogP contribution in [0.3, 0.4) is 0 Å². The summed E-state index contributed by atoms with van der Waals surface area (Å²) in [6.07, 6.45) is 4.94. The van der Waals surface area contributed by atoms with Crippen LogP contribution in [0, 0.1) is 6.92 Å². The van der Waals surface area contributed by atoms with Crippen molar-refractivity contribution in [3.05, 3.63) is 168 Å². The van der Waals surface area contributed by atoms with Crippen LogP contribution in [-0.4, -0.2) is 20.7 Å². The first kappa shape index (κ1) is 26.9. The van der Waals surface area contributed by atoms with Gasteiger partial charge in [0.1, 0.15) is 0 Å². The molecule has 0 spiro atoms. The Morgan fingerprint density at radius 1 is 0.600 bits per heavy atom. The summed E-state index contributed by atoms with van der Waals surface area (Å²) in [5.41, 5.74) is 12.3. The Morgan fingerprint density at radius 3 is 2.13 bits per heavy atom. The highest BCUT2D eigenvalue weighted by Crippen LogP contribution is 2.38. The molecular formula is C41H30N4. The van der Waals surface area contributed by atoms with Gasteiger partial charge in [-0.3, -0.25) is 15.0 Å². The second-order valence-corrected chi connectivity index (χ2v) is 11.5. The van der Waals surface area contributed by atoms with E-state index in [0.717, 1.165) is 67.7 Å². The van der Waals surface area contributed by atoms with Crippen LogP contribution in [-0.2, 0) is 0 Å². The van der Waals surface area contributed by atoms with Crippen LogP contribution in [0.5, 0.6) is 0 Å². The first-order valence-corrected chi connectivity index (χ1v) is 15.3. The van der Waals surface area contributed by atoms with Gasteiger partial charge in [-0.25, -0.2) is 4.98 Å². The third-order valence-corrected chi connectivity index (χ3v) is 8.55. The molecule has 1 atom stereocenters. The molecule has 1 aliphatic heterocycles. The zero-order chi connectivity index (χ0) is 30.2. The molecule has 0 amide bonds. The molecule has 0 bridgehead atoms. The molecule has 1 unspecified atom stereocenters. The van der Waals surface area contributed by atoms with Gasteiger partial charge >= 0.3 is 0 Å². The Kier molecular flexibility index (Phi) is 6.80. The fourth-order valence-electron chi connectivity index (χ4n) is 6.32. The van der Waals surface area contributed by atoms with E-state index in [4.69, 9.17) is 19.9 Å². The zero-order valence-corrected chi connectivity index (χ0v) is 24.9. The van der Waals surface area contributed by atoms with E-state index in [1.807, 2.05) is 31.3 Å². The molecule has 3 aromatic heterocycles. The normalized spacial score (nSPS) is 14.7. The van der Waals surface area contributed by atoms with Gasteiger partial charge in [-0.1, -0.05) is 109 Å². The van der Waals surface area contributed by atoms with Crippen LogP contribution in [0.4, 0.5) is 0 Å². The number of nitrogens with zero attached hydrogens (tertiary/aromatic N) is 4. The summed E-state index contributed by atoms with van der Waals surface area (Å²) in [4.78, 5) is 20.4. The van der Waals surface area contributed by atoms with Crippen LogP contribution in [0.2, 0.25) is 0 Å². The van der Waals surface area contributed by atoms with Crippen molar-refractivity contribution in [2.24, 2.45) is 4.99 Å². The molecule has 4 heteroatoms. The number of hydrogen-bond acceptors (Lipinski definition) is 4. The minimum Gasteiger partial charge on any atom is -0.276 e. The van der Waals surface area contributed by atoms with Crippen LogP contribution >= 0.6 is 0 Å². The maximum atomic E-state index is 5.38. The SMILES string of the molecule is Cc1ccc2ccc3c(-c4ccccn4)cc(-c4ccccc4C4=NC(c5ccccc5)CC(c5ccccc5)=C4)nc3c2n1. The number of hydrogen-bond donors (Lipinski definition) is 0. The van der Waals surface area contributed by atoms with E-state index in [1.54, 1.807) is 0 Å². The van der Waals surface area contributed by atoms with Gasteiger partial charge < -0.3 is 0 Å². The van der Waals surface area contributed by atoms with Crippen molar-refractivity contribution in [1.29, 1.82) is 0 Å². The number of pyridine rings is 3. The van der Waals surface area contributed by atoms with Crippen molar-refractivity contribution in [3.63, 3.8) is 0 Å². The first-order chi connectivity index (χ1) is 22.2. The van der Waals surface area contributed by atoms with Gasteiger partial charge in [-0.05, 0) is 60.4 Å². The van der Waals surface area contributed by atoms with Crippen molar-refractivity contribution >= 4 is 33.1 Å². The van der Waals surface area contributed by atoms with Gasteiger partial charge in [0, 0.05) is 39.4 Å². The lowest BCUT2D eigenvalue weighted by Gasteiger charge is -2.23. The van der Waals surface area contributed by atoms with Crippen molar-refractivity contribution in [1.82, 2.24) is 15.0 Å². The molecule has 45 heavy (non-hydrogen) atoms. The molecule has 4 aromatic carbocycles. The molecule has 0 saturated heterocycles. The molecule has 0 aliphatic carbocycles. The van der Waals surface area contributed by atoms with Crippen LogP contribution in [0.15, 0.2) is 151 Å². The Balaban J connectivity index is 1.37. The Hall–Kier alpha value is -5.74. The van der Waals surface area contributed by atoms with E-state index in [1.165, 1.54) is 16.7 Å². The summed E-state index contributed by atoms with van der Waals surface area (Å²) in [6.45, 7) is 2.03. The van der Waals surface area contributed by atoms with Gasteiger partial charge in [-0.15, -0.1) is 0 Å². The van der Waals surface area contributed by atoms with Crippen LogP contribution in [0.25, 0.3) is 49.9 Å². The van der Waals surface area contributed by atoms with E-state index < -0.39 is 0 Å². The molecule has 4 nitrogen and oxygen atoms in total. The van der Waals surface area contributed by atoms with E-state index in [9.17, 15) is 0 Å². The number of aromatic nitrogens is 3. The van der Waals surface area contributed by atoms with Crippen molar-refractivity contribution in [2.45, 2.75) is 19.4 Å². The number of benzene rings is 4. The second kappa shape index (κ2) is 11.4. The lowest BCUT2D eigenvalue weighted by molar-refractivity contribution is 0.748. The van der Waals surface area contributed by atoms with Gasteiger partial charge in [0.2, 0.25) is 0 Å². The third kappa shape index (κ3) is 5.11. The fourth-order valence-corrected chi connectivity index (χ4v) is 6.32. The van der Waals surface area contributed by atoms with Crippen molar-refractivity contribution < 1.29 is 0 Å². The van der Waals surface area contributed by atoms with Gasteiger partial charge in [-0.2, -0.15) is 0 Å². The highest BCUT2D eigenvalue weighted by Gasteiger charge is 2.23. The quantitative estimate of drug-likeness (QED) is 0.191. The molecule has 0 fully saturated rings. The topological polar surface area (TPSA) is 51.0 Å². The second-order valence-electron chi connectivity index (χ2n) is 11.5. The maximum absolute atomic E-state index is 5.38. The van der Waals surface area contributed by atoms with E-state index in [0.29, 0.717) is 0 Å². The van der Waals surface area contributed by atoms with E-state index >= 15 is 0 Å². The van der Waals surface area contributed by atoms with Gasteiger partial charge in [0.25, 0.3) is 0 Å². The number of fused-ring (bicyclic) bond motifs is 3.